The van der Waals surface area contributed by atoms with Gasteiger partial charge in [-0.15, -0.1) is 0 Å². The van der Waals surface area contributed by atoms with Gasteiger partial charge in [0, 0.05) is 12.6 Å². The maximum atomic E-state index is 13.6. The highest BCUT2D eigenvalue weighted by atomic mass is 79.9. The third-order valence-electron chi connectivity index (χ3n) is 2.64. The molecule has 0 bridgehead atoms. The minimum Gasteiger partial charge on any atom is -0.497 e. The van der Waals surface area contributed by atoms with Crippen LogP contribution >= 0.6 is 15.9 Å². The highest BCUT2D eigenvalue weighted by Gasteiger charge is 2.05. The minimum absolute atomic E-state index is 0.322. The number of anilines is 1. The molecule has 0 fully saturated rings. The lowest BCUT2D eigenvalue weighted by molar-refractivity contribution is 0.414. The Morgan fingerprint density at radius 2 is 1.89 bits per heavy atom. The van der Waals surface area contributed by atoms with Gasteiger partial charge in [0.2, 0.25) is 0 Å². The molecule has 0 heterocycles. The van der Waals surface area contributed by atoms with Crippen molar-refractivity contribution >= 4 is 21.6 Å². The van der Waals surface area contributed by atoms with Crippen molar-refractivity contribution in [2.45, 2.75) is 6.54 Å². The molecule has 0 unspecified atom stereocenters. The highest BCUT2D eigenvalue weighted by Crippen LogP contribution is 2.22. The first-order chi connectivity index (χ1) is 9.10. The van der Waals surface area contributed by atoms with Crippen molar-refractivity contribution in [2.24, 2.45) is 0 Å². The first-order valence-corrected chi connectivity index (χ1v) is 6.41. The molecule has 19 heavy (non-hydrogen) atoms. The molecule has 0 spiro atoms. The summed E-state index contributed by atoms with van der Waals surface area (Å²) in [4.78, 5) is 0. The van der Waals surface area contributed by atoms with Gasteiger partial charge in [0.25, 0.3) is 0 Å². The van der Waals surface area contributed by atoms with Gasteiger partial charge in [0.05, 0.1) is 17.3 Å². The third kappa shape index (κ3) is 3.44. The van der Waals surface area contributed by atoms with E-state index in [9.17, 15) is 8.78 Å². The first-order valence-electron chi connectivity index (χ1n) is 5.61. The summed E-state index contributed by atoms with van der Waals surface area (Å²) in [6, 6.07) is 9.20. The molecule has 2 aromatic carbocycles. The maximum absolute atomic E-state index is 13.6. The molecular formula is C14H12BrF2NO. The monoisotopic (exact) mass is 327 g/mol. The number of benzene rings is 2. The molecule has 0 amide bonds. The van der Waals surface area contributed by atoms with Crippen molar-refractivity contribution in [3.63, 3.8) is 0 Å². The van der Waals surface area contributed by atoms with E-state index in [0.717, 1.165) is 5.56 Å². The number of hydrogen-bond donors (Lipinski definition) is 1. The summed E-state index contributed by atoms with van der Waals surface area (Å²) in [6.07, 6.45) is 0. The van der Waals surface area contributed by atoms with Gasteiger partial charge in [0.1, 0.15) is 17.4 Å². The molecule has 2 rings (SSSR count). The lowest BCUT2D eigenvalue weighted by Crippen LogP contribution is -2.02. The zero-order valence-corrected chi connectivity index (χ0v) is 11.8. The van der Waals surface area contributed by atoms with Crippen LogP contribution in [0.5, 0.6) is 5.75 Å². The molecule has 0 saturated carbocycles. The molecule has 2 aromatic rings. The average Bonchev–Trinajstić information content (AvgIpc) is 2.41. The van der Waals surface area contributed by atoms with Crippen LogP contribution in [0.15, 0.2) is 40.9 Å². The van der Waals surface area contributed by atoms with Crippen LogP contribution in [0.2, 0.25) is 0 Å². The quantitative estimate of drug-likeness (QED) is 0.901. The summed E-state index contributed by atoms with van der Waals surface area (Å²) in [5, 5.41) is 2.91. The lowest BCUT2D eigenvalue weighted by Gasteiger charge is -2.09. The van der Waals surface area contributed by atoms with Gasteiger partial charge in [0.15, 0.2) is 0 Å². The van der Waals surface area contributed by atoms with E-state index in [4.69, 9.17) is 4.74 Å². The molecule has 0 radical (unpaired) electrons. The molecule has 0 aliphatic heterocycles. The predicted molar refractivity (Wildman–Crippen MR) is 74.4 cm³/mol. The Kier molecular flexibility index (Phi) is 4.37. The Morgan fingerprint density at radius 1 is 1.11 bits per heavy atom. The van der Waals surface area contributed by atoms with Gasteiger partial charge in [-0.1, -0.05) is 6.07 Å². The molecule has 5 heteroatoms. The number of hydrogen-bond acceptors (Lipinski definition) is 2. The number of halogens is 3. The summed E-state index contributed by atoms with van der Waals surface area (Å²) < 4.78 is 32.3. The van der Waals surface area contributed by atoms with Gasteiger partial charge in [-0.2, -0.15) is 0 Å². The van der Waals surface area contributed by atoms with E-state index in [1.54, 1.807) is 24.3 Å². The summed E-state index contributed by atoms with van der Waals surface area (Å²) in [5.41, 5.74) is 1.05. The second kappa shape index (κ2) is 6.02. The molecule has 100 valence electrons. The largest absolute Gasteiger partial charge is 0.497 e. The fourth-order valence-corrected chi connectivity index (χ4v) is 1.86. The summed E-state index contributed by atoms with van der Waals surface area (Å²) >= 11 is 3.08. The van der Waals surface area contributed by atoms with E-state index in [0.29, 0.717) is 22.5 Å². The van der Waals surface area contributed by atoms with Gasteiger partial charge in [-0.3, -0.25) is 0 Å². The Labute approximate surface area is 118 Å². The molecule has 0 aliphatic carbocycles. The SMILES string of the molecule is COc1ccc(F)c(NCc2ccc(Br)c(F)c2)c1. The highest BCUT2D eigenvalue weighted by molar-refractivity contribution is 9.10. The molecule has 0 saturated heterocycles. The van der Waals surface area contributed by atoms with Crippen LogP contribution in [0.25, 0.3) is 0 Å². The lowest BCUT2D eigenvalue weighted by atomic mass is 10.2. The first kappa shape index (κ1) is 13.8. The molecule has 0 aliphatic rings. The summed E-state index contributed by atoms with van der Waals surface area (Å²) in [6.45, 7) is 0.328. The van der Waals surface area contributed by atoms with Crippen molar-refractivity contribution in [3.05, 3.63) is 58.1 Å². The van der Waals surface area contributed by atoms with E-state index in [1.165, 1.54) is 19.2 Å². The third-order valence-corrected chi connectivity index (χ3v) is 3.28. The van der Waals surface area contributed by atoms with Crippen molar-refractivity contribution in [1.29, 1.82) is 0 Å². The molecule has 1 N–H and O–H groups in total. The van der Waals surface area contributed by atoms with Crippen molar-refractivity contribution < 1.29 is 13.5 Å². The summed E-state index contributed by atoms with van der Waals surface area (Å²) in [7, 11) is 1.51. The fourth-order valence-electron chi connectivity index (χ4n) is 1.61. The van der Waals surface area contributed by atoms with Crippen LogP contribution in [0, 0.1) is 11.6 Å². The Bertz CT molecular complexity index is 590. The average molecular weight is 328 g/mol. The van der Waals surface area contributed by atoms with Gasteiger partial charge < -0.3 is 10.1 Å². The van der Waals surface area contributed by atoms with Gasteiger partial charge in [-0.25, -0.2) is 8.78 Å². The van der Waals surface area contributed by atoms with E-state index in [2.05, 4.69) is 21.2 Å². The second-order valence-electron chi connectivity index (χ2n) is 3.95. The van der Waals surface area contributed by atoms with Gasteiger partial charge in [-0.05, 0) is 45.8 Å². The number of ether oxygens (including phenoxy) is 1. The normalized spacial score (nSPS) is 10.3. The predicted octanol–water partition coefficient (Wildman–Crippen LogP) is 4.35. The van der Waals surface area contributed by atoms with E-state index < -0.39 is 0 Å². The number of methoxy groups -OCH3 is 1. The number of nitrogens with one attached hydrogen (secondary N) is 1. The number of rotatable bonds is 4. The zero-order chi connectivity index (χ0) is 13.8. The minimum atomic E-state index is -0.376. The van der Waals surface area contributed by atoms with E-state index >= 15 is 0 Å². The molecular weight excluding hydrogens is 316 g/mol. The van der Waals surface area contributed by atoms with E-state index in [1.807, 2.05) is 0 Å². The Hall–Kier alpha value is -1.62. The molecule has 2 nitrogen and oxygen atoms in total. The molecule has 0 aromatic heterocycles. The second-order valence-corrected chi connectivity index (χ2v) is 4.80. The van der Waals surface area contributed by atoms with Crippen LogP contribution in [0.3, 0.4) is 0 Å². The van der Waals surface area contributed by atoms with Crippen LogP contribution < -0.4 is 10.1 Å². The van der Waals surface area contributed by atoms with Crippen LogP contribution in [-0.2, 0) is 6.54 Å². The zero-order valence-electron chi connectivity index (χ0n) is 10.2. The van der Waals surface area contributed by atoms with Crippen LogP contribution in [0.4, 0.5) is 14.5 Å². The smallest absolute Gasteiger partial charge is 0.146 e. The maximum Gasteiger partial charge on any atom is 0.146 e. The van der Waals surface area contributed by atoms with Crippen molar-refractivity contribution in [2.75, 3.05) is 12.4 Å². The topological polar surface area (TPSA) is 21.3 Å². The van der Waals surface area contributed by atoms with Crippen LogP contribution in [-0.4, -0.2) is 7.11 Å². The van der Waals surface area contributed by atoms with Crippen molar-refractivity contribution in [3.8, 4) is 5.75 Å². The summed E-state index contributed by atoms with van der Waals surface area (Å²) in [5.74, 6) is -0.158. The van der Waals surface area contributed by atoms with Crippen LogP contribution in [0.1, 0.15) is 5.56 Å². The fraction of sp³-hybridized carbons (Fsp3) is 0.143. The van der Waals surface area contributed by atoms with Crippen molar-refractivity contribution in [1.82, 2.24) is 0 Å². The standard InChI is InChI=1S/C14H12BrF2NO/c1-19-10-3-5-12(16)14(7-10)18-8-9-2-4-11(15)13(17)6-9/h2-7,18H,8H2,1H3. The Balaban J connectivity index is 2.11. The Morgan fingerprint density at radius 3 is 2.58 bits per heavy atom. The van der Waals surface area contributed by atoms with E-state index in [-0.39, 0.29) is 11.6 Å². The van der Waals surface area contributed by atoms with Gasteiger partial charge >= 0.3 is 0 Å². The molecule has 0 atom stereocenters.